The highest BCUT2D eigenvalue weighted by Gasteiger charge is 2.16. The molecule has 1 amide bonds. The number of nitrogens with zero attached hydrogens (tertiary/aromatic N) is 2. The van der Waals surface area contributed by atoms with Gasteiger partial charge in [-0.3, -0.25) is 9.78 Å². The minimum atomic E-state index is -0.159. The Morgan fingerprint density at radius 1 is 1.07 bits per heavy atom. The molecule has 1 N–H and O–H groups in total. The number of carbonyl (C=O) groups excluding carboxylic acids is 1. The second-order valence-corrected chi connectivity index (χ2v) is 6.17. The van der Waals surface area contributed by atoms with E-state index in [0.29, 0.717) is 12.2 Å². The van der Waals surface area contributed by atoms with Gasteiger partial charge in [-0.15, -0.1) is 0 Å². The maximum atomic E-state index is 12.7. The predicted octanol–water partition coefficient (Wildman–Crippen LogP) is 3.70. The van der Waals surface area contributed by atoms with Crippen molar-refractivity contribution in [2.24, 2.45) is 0 Å². The van der Waals surface area contributed by atoms with Gasteiger partial charge in [0.05, 0.1) is 0 Å². The van der Waals surface area contributed by atoms with Crippen molar-refractivity contribution in [1.29, 1.82) is 0 Å². The van der Waals surface area contributed by atoms with Gasteiger partial charge in [-0.25, -0.2) is 0 Å². The number of benzene rings is 2. The number of fused-ring (bicyclic) bond motifs is 1. The molecular formula is C21H19N3O3. The highest BCUT2D eigenvalue weighted by Crippen LogP contribution is 2.32. The smallest absolute Gasteiger partial charge is 0.276 e. The van der Waals surface area contributed by atoms with Crippen LogP contribution in [-0.4, -0.2) is 24.7 Å². The normalized spacial score (nSPS) is 11.9. The van der Waals surface area contributed by atoms with Gasteiger partial charge in [-0.05, 0) is 42.0 Å². The van der Waals surface area contributed by atoms with Crippen LogP contribution in [0, 0.1) is 0 Å². The summed E-state index contributed by atoms with van der Waals surface area (Å²) in [5.41, 5.74) is 3.10. The Morgan fingerprint density at radius 2 is 1.89 bits per heavy atom. The van der Waals surface area contributed by atoms with Crippen molar-refractivity contribution in [1.82, 2.24) is 4.98 Å². The Bertz CT molecular complexity index is 960. The lowest BCUT2D eigenvalue weighted by atomic mass is 10.2. The highest BCUT2D eigenvalue weighted by molar-refractivity contribution is 6.04. The van der Waals surface area contributed by atoms with Gasteiger partial charge in [0.1, 0.15) is 5.69 Å². The van der Waals surface area contributed by atoms with E-state index < -0.39 is 0 Å². The number of hydrogen-bond donors (Lipinski definition) is 1. The van der Waals surface area contributed by atoms with Gasteiger partial charge in [0.25, 0.3) is 5.91 Å². The number of anilines is 2. The molecule has 1 aromatic heterocycles. The Labute approximate surface area is 157 Å². The molecule has 6 nitrogen and oxygen atoms in total. The Kier molecular flexibility index (Phi) is 4.61. The zero-order chi connectivity index (χ0) is 18.6. The van der Waals surface area contributed by atoms with Crippen molar-refractivity contribution in [2.45, 2.75) is 6.54 Å². The standard InChI is InChI=1S/C21H19N3O3/c1-24(17-5-3-2-4-6-17)21(25)18-12-16(9-10-22-18)23-13-15-7-8-19-20(11-15)27-14-26-19/h2-12H,13-14H2,1H3,(H,22,23). The summed E-state index contributed by atoms with van der Waals surface area (Å²) in [6, 6.07) is 18.9. The second-order valence-electron chi connectivity index (χ2n) is 6.17. The van der Waals surface area contributed by atoms with Crippen LogP contribution in [0.5, 0.6) is 11.5 Å². The van der Waals surface area contributed by atoms with E-state index in [4.69, 9.17) is 9.47 Å². The maximum Gasteiger partial charge on any atom is 0.276 e. The van der Waals surface area contributed by atoms with Crippen molar-refractivity contribution in [2.75, 3.05) is 24.1 Å². The molecule has 0 saturated heterocycles. The molecule has 0 unspecified atom stereocenters. The lowest BCUT2D eigenvalue weighted by molar-refractivity contribution is 0.0988. The van der Waals surface area contributed by atoms with Gasteiger partial charge in [0.15, 0.2) is 11.5 Å². The molecule has 2 aromatic carbocycles. The van der Waals surface area contributed by atoms with E-state index in [0.717, 1.165) is 28.4 Å². The molecule has 0 spiro atoms. The molecule has 0 atom stereocenters. The molecular weight excluding hydrogens is 342 g/mol. The number of carbonyl (C=O) groups is 1. The summed E-state index contributed by atoms with van der Waals surface area (Å²) < 4.78 is 10.7. The van der Waals surface area contributed by atoms with Gasteiger partial charge in [-0.1, -0.05) is 24.3 Å². The van der Waals surface area contributed by atoms with E-state index in [-0.39, 0.29) is 12.7 Å². The van der Waals surface area contributed by atoms with Crippen LogP contribution in [-0.2, 0) is 6.54 Å². The molecule has 2 heterocycles. The SMILES string of the molecule is CN(C(=O)c1cc(NCc2ccc3c(c2)OCO3)ccn1)c1ccccc1. The third-order valence-electron chi connectivity index (χ3n) is 4.36. The molecule has 0 bridgehead atoms. The summed E-state index contributed by atoms with van der Waals surface area (Å²) in [5.74, 6) is 1.36. The first-order valence-electron chi connectivity index (χ1n) is 8.62. The van der Waals surface area contributed by atoms with Crippen LogP contribution in [0.15, 0.2) is 66.9 Å². The summed E-state index contributed by atoms with van der Waals surface area (Å²) in [6.07, 6.45) is 1.63. The number of ether oxygens (including phenoxy) is 2. The molecule has 136 valence electrons. The molecule has 3 aromatic rings. The molecule has 0 radical (unpaired) electrons. The number of hydrogen-bond acceptors (Lipinski definition) is 5. The van der Waals surface area contributed by atoms with Crippen molar-refractivity contribution >= 4 is 17.3 Å². The van der Waals surface area contributed by atoms with Crippen molar-refractivity contribution in [3.05, 3.63) is 78.1 Å². The number of rotatable bonds is 5. The van der Waals surface area contributed by atoms with E-state index in [9.17, 15) is 4.79 Å². The molecule has 1 aliphatic rings. The lowest BCUT2D eigenvalue weighted by Crippen LogP contribution is -2.27. The zero-order valence-electron chi connectivity index (χ0n) is 14.9. The summed E-state index contributed by atoms with van der Waals surface area (Å²) in [5, 5.41) is 3.32. The summed E-state index contributed by atoms with van der Waals surface area (Å²) in [7, 11) is 1.74. The second kappa shape index (κ2) is 7.37. The molecule has 0 aliphatic carbocycles. The van der Waals surface area contributed by atoms with Gasteiger partial charge < -0.3 is 19.7 Å². The number of pyridine rings is 1. The number of nitrogens with one attached hydrogen (secondary N) is 1. The molecule has 4 rings (SSSR count). The van der Waals surface area contributed by atoms with Crippen LogP contribution >= 0.6 is 0 Å². The van der Waals surface area contributed by atoms with Gasteiger partial charge >= 0.3 is 0 Å². The summed E-state index contributed by atoms with van der Waals surface area (Å²) in [4.78, 5) is 18.5. The van der Waals surface area contributed by atoms with Crippen LogP contribution in [0.4, 0.5) is 11.4 Å². The number of para-hydroxylation sites is 1. The fourth-order valence-corrected chi connectivity index (χ4v) is 2.85. The van der Waals surface area contributed by atoms with Crippen LogP contribution in [0.2, 0.25) is 0 Å². The quantitative estimate of drug-likeness (QED) is 0.751. The van der Waals surface area contributed by atoms with Crippen LogP contribution in [0.25, 0.3) is 0 Å². The third kappa shape index (κ3) is 3.69. The fourth-order valence-electron chi connectivity index (χ4n) is 2.85. The van der Waals surface area contributed by atoms with Gasteiger partial charge in [0, 0.05) is 31.2 Å². The molecule has 6 heteroatoms. The molecule has 27 heavy (non-hydrogen) atoms. The van der Waals surface area contributed by atoms with Gasteiger partial charge in [0.2, 0.25) is 6.79 Å². The van der Waals surface area contributed by atoms with E-state index in [1.54, 1.807) is 24.2 Å². The van der Waals surface area contributed by atoms with E-state index in [1.807, 2.05) is 54.6 Å². The van der Waals surface area contributed by atoms with E-state index >= 15 is 0 Å². The van der Waals surface area contributed by atoms with E-state index in [2.05, 4.69) is 10.3 Å². The molecule has 0 saturated carbocycles. The van der Waals surface area contributed by atoms with Crippen LogP contribution in [0.1, 0.15) is 16.1 Å². The fraction of sp³-hybridized carbons (Fsp3) is 0.143. The average molecular weight is 361 g/mol. The first kappa shape index (κ1) is 16.9. The predicted molar refractivity (Wildman–Crippen MR) is 103 cm³/mol. The van der Waals surface area contributed by atoms with E-state index in [1.165, 1.54) is 0 Å². The highest BCUT2D eigenvalue weighted by atomic mass is 16.7. The number of aromatic nitrogens is 1. The Morgan fingerprint density at radius 3 is 2.74 bits per heavy atom. The minimum Gasteiger partial charge on any atom is -0.454 e. The van der Waals surface area contributed by atoms with Crippen LogP contribution in [0.3, 0.4) is 0 Å². The van der Waals surface area contributed by atoms with Crippen molar-refractivity contribution < 1.29 is 14.3 Å². The third-order valence-corrected chi connectivity index (χ3v) is 4.36. The number of amides is 1. The first-order valence-corrected chi connectivity index (χ1v) is 8.62. The zero-order valence-corrected chi connectivity index (χ0v) is 14.9. The van der Waals surface area contributed by atoms with Crippen molar-refractivity contribution in [3.8, 4) is 11.5 Å². The topological polar surface area (TPSA) is 63.7 Å². The Hall–Kier alpha value is -3.54. The summed E-state index contributed by atoms with van der Waals surface area (Å²) in [6.45, 7) is 0.861. The summed E-state index contributed by atoms with van der Waals surface area (Å²) >= 11 is 0. The minimum absolute atomic E-state index is 0.159. The van der Waals surface area contributed by atoms with Gasteiger partial charge in [-0.2, -0.15) is 0 Å². The lowest BCUT2D eigenvalue weighted by Gasteiger charge is -2.17. The first-order chi connectivity index (χ1) is 13.2. The monoisotopic (exact) mass is 361 g/mol. The largest absolute Gasteiger partial charge is 0.454 e. The van der Waals surface area contributed by atoms with Crippen LogP contribution < -0.4 is 19.7 Å². The average Bonchev–Trinajstić information content (AvgIpc) is 3.20. The maximum absolute atomic E-state index is 12.7. The molecule has 0 fully saturated rings. The molecule has 1 aliphatic heterocycles. The van der Waals surface area contributed by atoms with Crippen molar-refractivity contribution in [3.63, 3.8) is 0 Å². The Balaban J connectivity index is 1.45.